The minimum Gasteiger partial charge on any atom is -0.274 e. The maximum atomic E-state index is 13.1. The van der Waals surface area contributed by atoms with Gasteiger partial charge in [0.2, 0.25) is 0 Å². The van der Waals surface area contributed by atoms with Crippen molar-refractivity contribution in [2.75, 3.05) is 0 Å². The molecule has 8 nitrogen and oxygen atoms in total. The van der Waals surface area contributed by atoms with Crippen LogP contribution in [0, 0.1) is 5.92 Å². The summed E-state index contributed by atoms with van der Waals surface area (Å²) in [7, 11) is 0. The van der Waals surface area contributed by atoms with Crippen LogP contribution in [0.2, 0.25) is 0 Å². The lowest BCUT2D eigenvalue weighted by molar-refractivity contribution is 0.538. The van der Waals surface area contributed by atoms with Gasteiger partial charge in [-0.2, -0.15) is 5.10 Å². The normalized spacial score (nSPS) is 11.4. The Hall–Kier alpha value is -3.55. The lowest BCUT2D eigenvalue weighted by Gasteiger charge is -2.10. The summed E-state index contributed by atoms with van der Waals surface area (Å²) in [4.78, 5) is 13.1. The zero-order valence-electron chi connectivity index (χ0n) is 19.5. The number of rotatable bonds is 10. The van der Waals surface area contributed by atoms with E-state index in [0.29, 0.717) is 24.8 Å². The van der Waals surface area contributed by atoms with E-state index in [0.717, 1.165) is 53.8 Å². The maximum Gasteiger partial charge on any atom is 0.346 e. The Morgan fingerprint density at radius 1 is 1.03 bits per heavy atom. The van der Waals surface area contributed by atoms with Crippen LogP contribution in [0.1, 0.15) is 51.4 Å². The van der Waals surface area contributed by atoms with Crippen LogP contribution < -0.4 is 5.69 Å². The summed E-state index contributed by atoms with van der Waals surface area (Å²) in [5.74, 6) is 2.07. The van der Waals surface area contributed by atoms with Crippen LogP contribution in [-0.2, 0) is 19.5 Å². The number of aromatic nitrogens is 7. The zero-order chi connectivity index (χ0) is 23.2. The second-order valence-electron chi connectivity index (χ2n) is 8.79. The van der Waals surface area contributed by atoms with Crippen molar-refractivity contribution in [1.29, 1.82) is 0 Å². The first-order valence-corrected chi connectivity index (χ1v) is 11.7. The number of nitrogens with one attached hydrogen (secondary N) is 1. The monoisotopic (exact) mass is 445 g/mol. The molecule has 172 valence electrons. The third-order valence-electron chi connectivity index (χ3n) is 5.80. The number of H-pyrrole nitrogens is 1. The highest BCUT2D eigenvalue weighted by molar-refractivity contribution is 5.80. The van der Waals surface area contributed by atoms with E-state index in [1.54, 1.807) is 4.68 Å². The third kappa shape index (κ3) is 5.27. The second-order valence-corrected chi connectivity index (χ2v) is 8.79. The lowest BCUT2D eigenvalue weighted by atomic mass is 9.98. The maximum absolute atomic E-state index is 13.1. The predicted molar refractivity (Wildman–Crippen MR) is 129 cm³/mol. The molecule has 8 heteroatoms. The second kappa shape index (κ2) is 10.4. The number of tetrazole rings is 1. The molecule has 0 fully saturated rings. The number of hydrogen-bond donors (Lipinski definition) is 1. The number of unbranched alkanes of at least 4 members (excludes halogenated alkanes) is 1. The SMILES string of the molecule is CCCCn1nc(CCC(C)C)n(Cc2ccc(-c3ccccc3-c3nnn[nH]3)cc2)c1=O. The number of aromatic amines is 1. The van der Waals surface area contributed by atoms with Gasteiger partial charge in [0, 0.05) is 18.5 Å². The van der Waals surface area contributed by atoms with Crippen molar-refractivity contribution in [3.8, 4) is 22.5 Å². The van der Waals surface area contributed by atoms with Crippen LogP contribution in [-0.4, -0.2) is 35.0 Å². The minimum absolute atomic E-state index is 0.0190. The predicted octanol–water partition coefficient (Wildman–Crippen LogP) is 4.33. The van der Waals surface area contributed by atoms with E-state index in [4.69, 9.17) is 0 Å². The van der Waals surface area contributed by atoms with Crippen molar-refractivity contribution in [3.63, 3.8) is 0 Å². The molecule has 2 aromatic carbocycles. The fourth-order valence-electron chi connectivity index (χ4n) is 3.89. The Morgan fingerprint density at radius 3 is 2.45 bits per heavy atom. The first-order valence-electron chi connectivity index (χ1n) is 11.7. The molecule has 0 aliphatic rings. The van der Waals surface area contributed by atoms with Gasteiger partial charge in [0.05, 0.1) is 6.54 Å². The van der Waals surface area contributed by atoms with Crippen LogP contribution in [0.3, 0.4) is 0 Å². The number of nitrogens with zero attached hydrogens (tertiary/aromatic N) is 6. The molecule has 0 aliphatic carbocycles. The van der Waals surface area contributed by atoms with Gasteiger partial charge in [0.25, 0.3) is 0 Å². The molecule has 0 amide bonds. The van der Waals surface area contributed by atoms with Crippen LogP contribution in [0.25, 0.3) is 22.5 Å². The minimum atomic E-state index is -0.0190. The summed E-state index contributed by atoms with van der Waals surface area (Å²) in [6.07, 6.45) is 3.81. The van der Waals surface area contributed by atoms with E-state index < -0.39 is 0 Å². The summed E-state index contributed by atoms with van der Waals surface area (Å²) >= 11 is 0. The topological polar surface area (TPSA) is 94.3 Å². The lowest BCUT2D eigenvalue weighted by Crippen LogP contribution is -2.26. The first-order chi connectivity index (χ1) is 16.1. The molecule has 0 unspecified atom stereocenters. The molecular formula is C25H31N7O. The van der Waals surface area contributed by atoms with E-state index >= 15 is 0 Å². The van der Waals surface area contributed by atoms with Crippen molar-refractivity contribution in [2.45, 2.75) is 59.5 Å². The quantitative estimate of drug-likeness (QED) is 0.392. The summed E-state index contributed by atoms with van der Waals surface area (Å²) in [5, 5.41) is 18.9. The van der Waals surface area contributed by atoms with Gasteiger partial charge < -0.3 is 0 Å². The van der Waals surface area contributed by atoms with Crippen LogP contribution in [0.4, 0.5) is 0 Å². The average Bonchev–Trinajstić information content (AvgIpc) is 3.46. The van der Waals surface area contributed by atoms with Crippen molar-refractivity contribution < 1.29 is 0 Å². The molecule has 1 N–H and O–H groups in total. The van der Waals surface area contributed by atoms with E-state index in [-0.39, 0.29) is 5.69 Å². The zero-order valence-corrected chi connectivity index (χ0v) is 19.5. The van der Waals surface area contributed by atoms with E-state index in [1.807, 2.05) is 22.8 Å². The molecule has 4 rings (SSSR count). The molecule has 0 atom stereocenters. The summed E-state index contributed by atoms with van der Waals surface area (Å²) < 4.78 is 3.47. The summed E-state index contributed by atoms with van der Waals surface area (Å²) in [6, 6.07) is 16.3. The van der Waals surface area contributed by atoms with Gasteiger partial charge in [-0.05, 0) is 45.9 Å². The number of aryl methyl sites for hydroxylation is 2. The van der Waals surface area contributed by atoms with Gasteiger partial charge in [-0.15, -0.1) is 5.10 Å². The standard InChI is InChI=1S/C25H31N7O/c1-4-5-16-32-25(33)31(23(28-32)15-10-18(2)3)17-19-11-13-20(14-12-19)21-8-6-7-9-22(21)24-26-29-30-27-24/h6-9,11-14,18H,4-5,10,15-17H2,1-3H3,(H,26,27,29,30). The highest BCUT2D eigenvalue weighted by atomic mass is 16.2. The Balaban J connectivity index is 1.60. The Labute approximate surface area is 193 Å². The van der Waals surface area contributed by atoms with Crippen LogP contribution >= 0.6 is 0 Å². The molecule has 0 bridgehead atoms. The van der Waals surface area contributed by atoms with Crippen molar-refractivity contribution >= 4 is 0 Å². The van der Waals surface area contributed by atoms with Crippen molar-refractivity contribution in [1.82, 2.24) is 35.0 Å². The Bertz CT molecular complexity index is 1220. The summed E-state index contributed by atoms with van der Waals surface area (Å²) in [5.41, 5.74) is 4.11. The van der Waals surface area contributed by atoms with Gasteiger partial charge in [-0.1, -0.05) is 75.7 Å². The molecule has 0 saturated carbocycles. The van der Waals surface area contributed by atoms with E-state index in [9.17, 15) is 4.79 Å². The van der Waals surface area contributed by atoms with Crippen LogP contribution in [0.5, 0.6) is 0 Å². The van der Waals surface area contributed by atoms with E-state index in [2.05, 4.69) is 76.8 Å². The van der Waals surface area contributed by atoms with E-state index in [1.165, 1.54) is 0 Å². The number of benzene rings is 2. The van der Waals surface area contributed by atoms with Crippen molar-refractivity contribution in [3.05, 3.63) is 70.4 Å². The third-order valence-corrected chi connectivity index (χ3v) is 5.80. The van der Waals surface area contributed by atoms with Gasteiger partial charge in [-0.3, -0.25) is 4.57 Å². The molecular weight excluding hydrogens is 414 g/mol. The van der Waals surface area contributed by atoms with Gasteiger partial charge in [0.15, 0.2) is 5.82 Å². The van der Waals surface area contributed by atoms with Gasteiger partial charge in [-0.25, -0.2) is 14.6 Å². The van der Waals surface area contributed by atoms with Crippen LogP contribution in [0.15, 0.2) is 53.3 Å². The molecule has 0 aliphatic heterocycles. The molecule has 0 radical (unpaired) electrons. The average molecular weight is 446 g/mol. The molecule has 0 saturated heterocycles. The first kappa shape index (κ1) is 22.6. The van der Waals surface area contributed by atoms with Gasteiger partial charge in [0.1, 0.15) is 5.82 Å². The highest BCUT2D eigenvalue weighted by Gasteiger charge is 2.15. The molecule has 4 aromatic rings. The number of hydrogen-bond acceptors (Lipinski definition) is 5. The molecule has 2 aromatic heterocycles. The highest BCUT2D eigenvalue weighted by Crippen LogP contribution is 2.29. The van der Waals surface area contributed by atoms with Crippen molar-refractivity contribution in [2.24, 2.45) is 5.92 Å². The molecule has 0 spiro atoms. The fourth-order valence-corrected chi connectivity index (χ4v) is 3.89. The fraction of sp³-hybridized carbons (Fsp3) is 0.400. The van der Waals surface area contributed by atoms with Gasteiger partial charge >= 0.3 is 5.69 Å². The summed E-state index contributed by atoms with van der Waals surface area (Å²) in [6.45, 7) is 7.71. The largest absolute Gasteiger partial charge is 0.346 e. The smallest absolute Gasteiger partial charge is 0.274 e. The molecule has 33 heavy (non-hydrogen) atoms. The molecule has 2 heterocycles. The Kier molecular flexibility index (Phi) is 7.12. The Morgan fingerprint density at radius 2 is 1.79 bits per heavy atom.